The third-order valence-electron chi connectivity index (χ3n) is 2.13. The van der Waals surface area contributed by atoms with Crippen LogP contribution in [0.1, 0.15) is 23.4 Å². The summed E-state index contributed by atoms with van der Waals surface area (Å²) in [6.07, 6.45) is -8.54. The van der Waals surface area contributed by atoms with Crippen LogP contribution in [0.5, 0.6) is 0 Å². The van der Waals surface area contributed by atoms with E-state index in [9.17, 15) is 26.7 Å². The number of esters is 1. The molecule has 0 amide bonds. The number of hydrogen-bond donors (Lipinski definition) is 0. The number of aromatic nitrogens is 1. The maximum atomic E-state index is 12.7. The van der Waals surface area contributed by atoms with E-state index in [0.717, 1.165) is 7.11 Å². The molecule has 1 rings (SSSR count). The first kappa shape index (κ1) is 16.1. The van der Waals surface area contributed by atoms with Gasteiger partial charge in [0.15, 0.2) is 5.69 Å². The highest BCUT2D eigenvalue weighted by molar-refractivity contribution is 14.1. The highest BCUT2D eigenvalue weighted by Crippen LogP contribution is 2.34. The second kappa shape index (κ2) is 5.97. The van der Waals surface area contributed by atoms with Gasteiger partial charge in [-0.05, 0) is 28.7 Å². The van der Waals surface area contributed by atoms with Gasteiger partial charge < -0.3 is 4.74 Å². The topological polar surface area (TPSA) is 39.2 Å². The van der Waals surface area contributed by atoms with Crippen molar-refractivity contribution < 1.29 is 31.5 Å². The number of ether oxygens (including phenoxy) is 1. The second-order valence-corrected chi connectivity index (χ2v) is 4.57. The van der Waals surface area contributed by atoms with E-state index in [2.05, 4.69) is 9.72 Å². The van der Waals surface area contributed by atoms with Gasteiger partial charge in [0.1, 0.15) is 0 Å². The third kappa shape index (κ3) is 3.98. The third-order valence-corrected chi connectivity index (χ3v) is 2.95. The minimum absolute atomic E-state index is 0.450. The molecule has 0 saturated carbocycles. The normalized spacial score (nSPS) is 11.8. The smallest absolute Gasteiger partial charge is 0.434 e. The summed E-state index contributed by atoms with van der Waals surface area (Å²) in [6.45, 7) is 0. The van der Waals surface area contributed by atoms with Crippen molar-refractivity contribution in [2.24, 2.45) is 0 Å². The van der Waals surface area contributed by atoms with E-state index < -0.39 is 45.5 Å². The standard InChI is InChI=1S/C10H7F5INO2/c1-19-7(18)3-6-4(9(11)12)2-5(16)8(17-6)10(13,14)15/h2,9H,3H2,1H3. The Bertz CT molecular complexity index is 490. The van der Waals surface area contributed by atoms with Gasteiger partial charge in [0, 0.05) is 9.13 Å². The Morgan fingerprint density at radius 1 is 1.47 bits per heavy atom. The van der Waals surface area contributed by atoms with Crippen LogP contribution >= 0.6 is 22.6 Å². The molecule has 0 saturated heterocycles. The molecule has 0 unspecified atom stereocenters. The quantitative estimate of drug-likeness (QED) is 0.448. The zero-order valence-electron chi connectivity index (χ0n) is 9.39. The lowest BCUT2D eigenvalue weighted by molar-refractivity contribution is -0.143. The van der Waals surface area contributed by atoms with Crippen molar-refractivity contribution in [3.8, 4) is 0 Å². The molecule has 3 nitrogen and oxygen atoms in total. The SMILES string of the molecule is COC(=O)Cc1nc(C(F)(F)F)c(I)cc1C(F)F. The van der Waals surface area contributed by atoms with Crippen LogP contribution in [0.15, 0.2) is 6.07 Å². The summed E-state index contributed by atoms with van der Waals surface area (Å²) in [5.41, 5.74) is -2.63. The largest absolute Gasteiger partial charge is 0.469 e. The molecule has 1 heterocycles. The van der Waals surface area contributed by atoms with E-state index in [4.69, 9.17) is 0 Å². The fourth-order valence-electron chi connectivity index (χ4n) is 1.28. The van der Waals surface area contributed by atoms with Crippen LogP contribution in [-0.2, 0) is 22.1 Å². The summed E-state index contributed by atoms with van der Waals surface area (Å²) in [5.74, 6) is -0.941. The van der Waals surface area contributed by atoms with Gasteiger partial charge in [-0.3, -0.25) is 4.79 Å². The fraction of sp³-hybridized carbons (Fsp3) is 0.400. The molecule has 9 heteroatoms. The summed E-state index contributed by atoms with van der Waals surface area (Å²) in [7, 11) is 1.00. The number of hydrogen-bond acceptors (Lipinski definition) is 3. The van der Waals surface area contributed by atoms with Crippen molar-refractivity contribution in [2.45, 2.75) is 19.0 Å². The van der Waals surface area contributed by atoms with Crippen molar-refractivity contribution >= 4 is 28.6 Å². The molecule has 19 heavy (non-hydrogen) atoms. The lowest BCUT2D eigenvalue weighted by Gasteiger charge is -2.13. The van der Waals surface area contributed by atoms with E-state index in [1.165, 1.54) is 22.6 Å². The Labute approximate surface area is 118 Å². The lowest BCUT2D eigenvalue weighted by atomic mass is 10.1. The number of alkyl halides is 5. The lowest BCUT2D eigenvalue weighted by Crippen LogP contribution is -2.16. The minimum atomic E-state index is -4.78. The molecule has 0 N–H and O–H groups in total. The van der Waals surface area contributed by atoms with Crippen LogP contribution in [0.4, 0.5) is 22.0 Å². The Hall–Kier alpha value is -1.00. The molecule has 0 fully saturated rings. The first-order chi connectivity index (χ1) is 8.66. The minimum Gasteiger partial charge on any atom is -0.469 e. The highest BCUT2D eigenvalue weighted by Gasteiger charge is 2.36. The Balaban J connectivity index is 3.35. The average molecular weight is 395 g/mol. The predicted molar refractivity (Wildman–Crippen MR) is 62.6 cm³/mol. The zero-order valence-corrected chi connectivity index (χ0v) is 11.6. The molecule has 0 aromatic carbocycles. The number of carbonyl (C=O) groups excluding carboxylic acids is 1. The molecule has 106 valence electrons. The van der Waals surface area contributed by atoms with Crippen molar-refractivity contribution in [1.29, 1.82) is 0 Å². The summed E-state index contributed by atoms with van der Waals surface area (Å²) >= 11 is 1.27. The van der Waals surface area contributed by atoms with Gasteiger partial charge in [0.25, 0.3) is 6.43 Å². The van der Waals surface area contributed by atoms with Crippen molar-refractivity contribution in [2.75, 3.05) is 7.11 Å². The van der Waals surface area contributed by atoms with E-state index in [1.807, 2.05) is 0 Å². The molecule has 1 aromatic rings. The van der Waals surface area contributed by atoms with Gasteiger partial charge in [-0.1, -0.05) is 0 Å². The highest BCUT2D eigenvalue weighted by atomic mass is 127. The van der Waals surface area contributed by atoms with E-state index >= 15 is 0 Å². The molecule has 1 aromatic heterocycles. The second-order valence-electron chi connectivity index (χ2n) is 3.41. The molecule has 0 bridgehead atoms. The van der Waals surface area contributed by atoms with Crippen molar-refractivity contribution in [3.05, 3.63) is 26.6 Å². The molecule has 0 spiro atoms. The van der Waals surface area contributed by atoms with E-state index in [-0.39, 0.29) is 0 Å². The summed E-state index contributed by atoms with van der Waals surface area (Å²) < 4.78 is 67.0. The number of halogens is 6. The van der Waals surface area contributed by atoms with E-state index in [0.29, 0.717) is 6.07 Å². The van der Waals surface area contributed by atoms with Crippen LogP contribution in [0.2, 0.25) is 0 Å². The van der Waals surface area contributed by atoms with Gasteiger partial charge >= 0.3 is 12.1 Å². The first-order valence-electron chi connectivity index (χ1n) is 4.78. The number of carbonyl (C=O) groups is 1. The fourth-order valence-corrected chi connectivity index (χ4v) is 2.04. The van der Waals surface area contributed by atoms with Gasteiger partial charge in [0.2, 0.25) is 0 Å². The molecule has 0 aliphatic heterocycles. The van der Waals surface area contributed by atoms with E-state index in [1.54, 1.807) is 0 Å². The number of methoxy groups -OCH3 is 1. The molecule has 0 aliphatic carbocycles. The summed E-state index contributed by atoms with van der Waals surface area (Å²) in [5, 5.41) is 0. The molecular formula is C10H7F5INO2. The maximum Gasteiger partial charge on any atom is 0.434 e. The van der Waals surface area contributed by atoms with Gasteiger partial charge in [-0.2, -0.15) is 13.2 Å². The average Bonchev–Trinajstić information content (AvgIpc) is 2.28. The van der Waals surface area contributed by atoms with Gasteiger partial charge in [0.05, 0.1) is 19.2 Å². The number of pyridine rings is 1. The Morgan fingerprint density at radius 2 is 2.05 bits per heavy atom. The molecule has 0 radical (unpaired) electrons. The Morgan fingerprint density at radius 3 is 2.47 bits per heavy atom. The summed E-state index contributed by atoms with van der Waals surface area (Å²) in [6, 6.07) is 0.680. The molecule has 0 aliphatic rings. The monoisotopic (exact) mass is 395 g/mol. The van der Waals surface area contributed by atoms with Crippen molar-refractivity contribution in [1.82, 2.24) is 4.98 Å². The van der Waals surface area contributed by atoms with Crippen molar-refractivity contribution in [3.63, 3.8) is 0 Å². The number of nitrogens with zero attached hydrogens (tertiary/aromatic N) is 1. The van der Waals surface area contributed by atoms with Crippen LogP contribution in [0, 0.1) is 3.57 Å². The van der Waals surface area contributed by atoms with Crippen LogP contribution < -0.4 is 0 Å². The van der Waals surface area contributed by atoms with Gasteiger partial charge in [-0.25, -0.2) is 13.8 Å². The molecular weight excluding hydrogens is 388 g/mol. The number of rotatable bonds is 3. The van der Waals surface area contributed by atoms with Gasteiger partial charge in [-0.15, -0.1) is 0 Å². The predicted octanol–water partition coefficient (Wildman–Crippen LogP) is 3.36. The maximum absolute atomic E-state index is 12.7. The van der Waals surface area contributed by atoms with Crippen LogP contribution in [0.25, 0.3) is 0 Å². The Kier molecular flexibility index (Phi) is 5.04. The first-order valence-corrected chi connectivity index (χ1v) is 5.86. The zero-order chi connectivity index (χ0) is 14.8. The van der Waals surface area contributed by atoms with Crippen LogP contribution in [0.3, 0.4) is 0 Å². The summed E-state index contributed by atoms with van der Waals surface area (Å²) in [4.78, 5) is 14.2. The van der Waals surface area contributed by atoms with Crippen LogP contribution in [-0.4, -0.2) is 18.1 Å². The molecule has 0 atom stereocenters.